The highest BCUT2D eigenvalue weighted by atomic mass is 16.5. The van der Waals surface area contributed by atoms with Crippen molar-refractivity contribution >= 4 is 5.97 Å². The van der Waals surface area contributed by atoms with E-state index in [0.717, 1.165) is 5.75 Å². The summed E-state index contributed by atoms with van der Waals surface area (Å²) >= 11 is 0. The molecule has 0 aromatic heterocycles. The third kappa shape index (κ3) is 3.09. The van der Waals surface area contributed by atoms with Crippen LogP contribution in [0.2, 0.25) is 0 Å². The molecule has 0 bridgehead atoms. The summed E-state index contributed by atoms with van der Waals surface area (Å²) in [6.45, 7) is 1.82. The van der Waals surface area contributed by atoms with Gasteiger partial charge in [-0.3, -0.25) is 4.79 Å². The molecule has 1 aromatic carbocycles. The van der Waals surface area contributed by atoms with E-state index in [1.165, 1.54) is 37.7 Å². The lowest BCUT2D eigenvalue weighted by atomic mass is 9.84. The predicted molar refractivity (Wildman–Crippen MR) is 68.2 cm³/mol. The van der Waals surface area contributed by atoms with Crippen LogP contribution in [0.4, 0.5) is 0 Å². The molecule has 0 heterocycles. The van der Waals surface area contributed by atoms with Gasteiger partial charge in [-0.1, -0.05) is 44.4 Å². The number of hydrogen-bond donors (Lipinski definition) is 0. The van der Waals surface area contributed by atoms with Gasteiger partial charge in [-0.05, 0) is 30.4 Å². The van der Waals surface area contributed by atoms with Gasteiger partial charge in [0.25, 0.3) is 0 Å². The fourth-order valence-electron chi connectivity index (χ4n) is 2.52. The maximum Gasteiger partial charge on any atom is 0.310 e. The van der Waals surface area contributed by atoms with E-state index in [1.807, 2.05) is 25.1 Å². The summed E-state index contributed by atoms with van der Waals surface area (Å²) < 4.78 is 5.41. The Kier molecular flexibility index (Phi) is 4.18. The molecule has 1 aromatic rings. The van der Waals surface area contributed by atoms with Gasteiger partial charge in [-0.15, -0.1) is 0 Å². The summed E-state index contributed by atoms with van der Waals surface area (Å²) in [7, 11) is 0. The van der Waals surface area contributed by atoms with Crippen LogP contribution in [0.15, 0.2) is 24.3 Å². The summed E-state index contributed by atoms with van der Waals surface area (Å²) in [5, 5.41) is 0. The molecule has 0 spiro atoms. The first kappa shape index (κ1) is 12.2. The van der Waals surface area contributed by atoms with E-state index in [-0.39, 0.29) is 5.97 Å². The summed E-state index contributed by atoms with van der Waals surface area (Å²) in [5.41, 5.74) is 1.22. The first-order valence-corrected chi connectivity index (χ1v) is 6.61. The first-order valence-electron chi connectivity index (χ1n) is 6.61. The van der Waals surface area contributed by atoms with Crippen LogP contribution in [-0.4, -0.2) is 5.97 Å². The molecule has 0 saturated heterocycles. The minimum Gasteiger partial charge on any atom is -0.426 e. The number of esters is 1. The SMILES string of the molecule is CCC(=O)Oc1ccccc1C1CCCCC1. The molecule has 0 atom stereocenters. The van der Waals surface area contributed by atoms with E-state index in [4.69, 9.17) is 4.74 Å². The van der Waals surface area contributed by atoms with E-state index < -0.39 is 0 Å². The Morgan fingerprint density at radius 1 is 1.24 bits per heavy atom. The van der Waals surface area contributed by atoms with Crippen molar-refractivity contribution < 1.29 is 9.53 Å². The third-order valence-corrected chi connectivity index (χ3v) is 3.48. The zero-order valence-electron chi connectivity index (χ0n) is 10.4. The van der Waals surface area contributed by atoms with Crippen molar-refractivity contribution in [3.63, 3.8) is 0 Å². The molecule has 92 valence electrons. The molecule has 0 radical (unpaired) electrons. The summed E-state index contributed by atoms with van der Waals surface area (Å²) in [4.78, 5) is 11.4. The zero-order valence-corrected chi connectivity index (χ0v) is 10.4. The van der Waals surface area contributed by atoms with Gasteiger partial charge in [-0.25, -0.2) is 0 Å². The standard InChI is InChI=1S/C15H20O2/c1-2-15(16)17-14-11-7-6-10-13(14)12-8-4-3-5-9-12/h6-7,10-12H,2-5,8-9H2,1H3. The molecule has 1 saturated carbocycles. The fourth-order valence-corrected chi connectivity index (χ4v) is 2.52. The lowest BCUT2D eigenvalue weighted by molar-refractivity contribution is -0.134. The summed E-state index contributed by atoms with van der Waals surface area (Å²) in [5.74, 6) is 1.20. The summed E-state index contributed by atoms with van der Waals surface area (Å²) in [6.07, 6.45) is 6.80. The lowest BCUT2D eigenvalue weighted by Gasteiger charge is -2.23. The Morgan fingerprint density at radius 2 is 1.94 bits per heavy atom. The van der Waals surface area contributed by atoms with Crippen LogP contribution in [-0.2, 0) is 4.79 Å². The van der Waals surface area contributed by atoms with E-state index in [1.54, 1.807) is 0 Å². The molecule has 1 aliphatic rings. The van der Waals surface area contributed by atoms with E-state index in [2.05, 4.69) is 6.07 Å². The number of hydrogen-bond acceptors (Lipinski definition) is 2. The van der Waals surface area contributed by atoms with E-state index >= 15 is 0 Å². The highest BCUT2D eigenvalue weighted by Gasteiger charge is 2.19. The molecule has 0 amide bonds. The molecule has 0 unspecified atom stereocenters. The van der Waals surface area contributed by atoms with Gasteiger partial charge in [0.1, 0.15) is 5.75 Å². The van der Waals surface area contributed by atoms with Crippen LogP contribution < -0.4 is 4.74 Å². The van der Waals surface area contributed by atoms with Crippen LogP contribution in [0.25, 0.3) is 0 Å². The Hall–Kier alpha value is -1.31. The van der Waals surface area contributed by atoms with Crippen LogP contribution >= 0.6 is 0 Å². The first-order chi connectivity index (χ1) is 8.31. The molecule has 0 N–H and O–H groups in total. The molecule has 17 heavy (non-hydrogen) atoms. The highest BCUT2D eigenvalue weighted by molar-refractivity contribution is 5.72. The number of para-hydroxylation sites is 1. The average molecular weight is 232 g/mol. The van der Waals surface area contributed by atoms with Crippen LogP contribution in [0.1, 0.15) is 56.9 Å². The van der Waals surface area contributed by atoms with Crippen molar-refractivity contribution in [2.75, 3.05) is 0 Å². The predicted octanol–water partition coefficient (Wildman–Crippen LogP) is 4.05. The quantitative estimate of drug-likeness (QED) is 0.580. The van der Waals surface area contributed by atoms with Gasteiger partial charge >= 0.3 is 5.97 Å². The smallest absolute Gasteiger partial charge is 0.310 e. The lowest BCUT2D eigenvalue weighted by Crippen LogP contribution is -2.11. The Labute approximate surface area is 103 Å². The number of carbonyl (C=O) groups is 1. The minimum absolute atomic E-state index is 0.145. The van der Waals surface area contributed by atoms with Gasteiger partial charge in [0.2, 0.25) is 0 Å². The van der Waals surface area contributed by atoms with Crippen molar-refractivity contribution in [2.45, 2.75) is 51.4 Å². The Morgan fingerprint density at radius 3 is 2.65 bits per heavy atom. The minimum atomic E-state index is -0.145. The average Bonchev–Trinajstić information content (AvgIpc) is 2.40. The maximum absolute atomic E-state index is 11.4. The Bertz CT molecular complexity index is 378. The van der Waals surface area contributed by atoms with Crippen LogP contribution in [0, 0.1) is 0 Å². The van der Waals surface area contributed by atoms with Crippen molar-refractivity contribution in [2.24, 2.45) is 0 Å². The van der Waals surface area contributed by atoms with Crippen molar-refractivity contribution in [1.29, 1.82) is 0 Å². The van der Waals surface area contributed by atoms with Crippen molar-refractivity contribution in [3.8, 4) is 5.75 Å². The molecule has 1 aliphatic carbocycles. The van der Waals surface area contributed by atoms with Gasteiger partial charge in [0.05, 0.1) is 0 Å². The van der Waals surface area contributed by atoms with E-state index in [9.17, 15) is 4.79 Å². The second-order valence-electron chi connectivity index (χ2n) is 4.70. The number of carbonyl (C=O) groups excluding carboxylic acids is 1. The van der Waals surface area contributed by atoms with Gasteiger partial charge < -0.3 is 4.74 Å². The Balaban J connectivity index is 2.17. The van der Waals surface area contributed by atoms with Crippen molar-refractivity contribution in [1.82, 2.24) is 0 Å². The van der Waals surface area contributed by atoms with Crippen LogP contribution in [0.3, 0.4) is 0 Å². The maximum atomic E-state index is 11.4. The normalized spacial score (nSPS) is 16.8. The monoisotopic (exact) mass is 232 g/mol. The van der Waals surface area contributed by atoms with E-state index in [0.29, 0.717) is 12.3 Å². The van der Waals surface area contributed by atoms with Gasteiger partial charge in [0, 0.05) is 6.42 Å². The topological polar surface area (TPSA) is 26.3 Å². The van der Waals surface area contributed by atoms with Crippen molar-refractivity contribution in [3.05, 3.63) is 29.8 Å². The molecule has 2 heteroatoms. The van der Waals surface area contributed by atoms with Gasteiger partial charge in [-0.2, -0.15) is 0 Å². The fraction of sp³-hybridized carbons (Fsp3) is 0.533. The summed E-state index contributed by atoms with van der Waals surface area (Å²) in [6, 6.07) is 7.99. The number of rotatable bonds is 3. The highest BCUT2D eigenvalue weighted by Crippen LogP contribution is 2.37. The largest absolute Gasteiger partial charge is 0.426 e. The molecular weight excluding hydrogens is 212 g/mol. The molecule has 1 fully saturated rings. The number of ether oxygens (including phenoxy) is 1. The third-order valence-electron chi connectivity index (χ3n) is 3.48. The molecule has 2 rings (SSSR count). The zero-order chi connectivity index (χ0) is 12.1. The van der Waals surface area contributed by atoms with Crippen LogP contribution in [0.5, 0.6) is 5.75 Å². The molecule has 2 nitrogen and oxygen atoms in total. The second-order valence-corrected chi connectivity index (χ2v) is 4.70. The van der Waals surface area contributed by atoms with Gasteiger partial charge in [0.15, 0.2) is 0 Å². The molecular formula is C15H20O2. The molecule has 0 aliphatic heterocycles. The number of benzene rings is 1. The second kappa shape index (κ2) is 5.85.